The molecule has 17 heavy (non-hydrogen) atoms. The fraction of sp³-hybridized carbons (Fsp3) is 0. The Morgan fingerprint density at radius 1 is 1.00 bits per heavy atom. The zero-order valence-corrected chi connectivity index (χ0v) is 9.17. The Morgan fingerprint density at radius 3 is 2.71 bits per heavy atom. The van der Waals surface area contributed by atoms with Gasteiger partial charge in [0, 0.05) is 18.6 Å². The number of anilines is 3. The number of hydrogen-bond donors (Lipinski definition) is 2. The third-order valence-corrected chi connectivity index (χ3v) is 2.65. The predicted octanol–water partition coefficient (Wildman–Crippen LogP) is 2.66. The van der Waals surface area contributed by atoms with Gasteiger partial charge in [0.05, 0.1) is 17.1 Å². The normalized spacial score (nSPS) is 10.6. The monoisotopic (exact) mass is 224 g/mol. The smallest absolute Gasteiger partial charge is 0.160 e. The van der Waals surface area contributed by atoms with E-state index in [0.717, 1.165) is 22.7 Å². The first kappa shape index (κ1) is 9.72. The van der Waals surface area contributed by atoms with Crippen LogP contribution >= 0.6 is 0 Å². The van der Waals surface area contributed by atoms with Crippen molar-refractivity contribution in [3.8, 4) is 0 Å². The van der Waals surface area contributed by atoms with Crippen molar-refractivity contribution in [1.29, 1.82) is 0 Å². The van der Waals surface area contributed by atoms with Crippen molar-refractivity contribution in [2.24, 2.45) is 0 Å². The minimum absolute atomic E-state index is 0.723. The van der Waals surface area contributed by atoms with Crippen molar-refractivity contribution in [1.82, 2.24) is 9.38 Å². The molecule has 0 fully saturated rings. The Hall–Kier alpha value is -2.49. The molecule has 4 nitrogen and oxygen atoms in total. The summed E-state index contributed by atoms with van der Waals surface area (Å²) in [6.45, 7) is 0. The Balaban J connectivity index is 2.06. The summed E-state index contributed by atoms with van der Waals surface area (Å²) < 4.78 is 1.96. The van der Waals surface area contributed by atoms with Crippen LogP contribution in [0.25, 0.3) is 5.65 Å². The van der Waals surface area contributed by atoms with Crippen LogP contribution in [0.5, 0.6) is 0 Å². The van der Waals surface area contributed by atoms with Gasteiger partial charge in [0.15, 0.2) is 5.65 Å². The number of nitrogen functional groups attached to an aromatic ring is 1. The highest BCUT2D eigenvalue weighted by Gasteiger charge is 2.03. The number of nitrogens with one attached hydrogen (secondary N) is 1. The van der Waals surface area contributed by atoms with Gasteiger partial charge in [-0.2, -0.15) is 0 Å². The summed E-state index contributed by atoms with van der Waals surface area (Å²) in [6, 6.07) is 11.6. The van der Waals surface area contributed by atoms with E-state index >= 15 is 0 Å². The van der Waals surface area contributed by atoms with Crippen LogP contribution in [0, 0.1) is 0 Å². The quantitative estimate of drug-likeness (QED) is 0.658. The van der Waals surface area contributed by atoms with Crippen LogP contribution < -0.4 is 11.1 Å². The minimum atomic E-state index is 0.723. The number of hydrogen-bond acceptors (Lipinski definition) is 3. The van der Waals surface area contributed by atoms with Gasteiger partial charge >= 0.3 is 0 Å². The summed E-state index contributed by atoms with van der Waals surface area (Å²) >= 11 is 0. The lowest BCUT2D eigenvalue weighted by Crippen LogP contribution is -1.97. The highest BCUT2D eigenvalue weighted by Crippen LogP contribution is 2.24. The molecular formula is C13H12N4. The zero-order valence-electron chi connectivity index (χ0n) is 9.17. The van der Waals surface area contributed by atoms with Gasteiger partial charge in [-0.1, -0.05) is 12.1 Å². The Bertz CT molecular complexity index is 657. The molecule has 0 aliphatic rings. The molecule has 84 valence electrons. The highest BCUT2D eigenvalue weighted by molar-refractivity contribution is 5.79. The van der Waals surface area contributed by atoms with Crippen LogP contribution in [0.15, 0.2) is 55.0 Å². The summed E-state index contributed by atoms with van der Waals surface area (Å²) in [4.78, 5) is 4.30. The first-order chi connectivity index (χ1) is 8.34. The number of fused-ring (bicyclic) bond motifs is 1. The van der Waals surface area contributed by atoms with E-state index in [4.69, 9.17) is 5.73 Å². The molecule has 0 amide bonds. The molecule has 0 atom stereocenters. The SMILES string of the molecule is Nc1ccccc1Nc1cccn2ccnc12. The van der Waals surface area contributed by atoms with Crippen LogP contribution in [-0.4, -0.2) is 9.38 Å². The van der Waals surface area contributed by atoms with E-state index < -0.39 is 0 Å². The summed E-state index contributed by atoms with van der Waals surface area (Å²) in [5, 5.41) is 3.29. The van der Waals surface area contributed by atoms with E-state index in [0.29, 0.717) is 0 Å². The van der Waals surface area contributed by atoms with Crippen molar-refractivity contribution in [2.75, 3.05) is 11.1 Å². The second-order valence-electron chi connectivity index (χ2n) is 3.79. The summed E-state index contributed by atoms with van der Waals surface area (Å²) in [6.07, 6.45) is 5.64. The lowest BCUT2D eigenvalue weighted by atomic mass is 10.2. The molecule has 2 aromatic heterocycles. The average molecular weight is 224 g/mol. The molecule has 1 aromatic carbocycles. The molecule has 0 saturated heterocycles. The number of nitrogens with zero attached hydrogens (tertiary/aromatic N) is 2. The Morgan fingerprint density at radius 2 is 1.82 bits per heavy atom. The van der Waals surface area contributed by atoms with E-state index in [1.54, 1.807) is 6.20 Å². The number of nitrogens with two attached hydrogens (primary N) is 1. The topological polar surface area (TPSA) is 55.3 Å². The number of para-hydroxylation sites is 2. The standard InChI is InChI=1S/C13H12N4/c14-10-4-1-2-5-11(10)16-12-6-3-8-17-9-7-15-13(12)17/h1-9,16H,14H2. The van der Waals surface area contributed by atoms with Gasteiger partial charge in [-0.05, 0) is 24.3 Å². The van der Waals surface area contributed by atoms with Crippen molar-refractivity contribution in [3.63, 3.8) is 0 Å². The summed E-state index contributed by atoms with van der Waals surface area (Å²) in [5.41, 5.74) is 9.34. The lowest BCUT2D eigenvalue weighted by molar-refractivity contribution is 1.19. The highest BCUT2D eigenvalue weighted by atomic mass is 15.0. The first-order valence-electron chi connectivity index (χ1n) is 5.38. The fourth-order valence-corrected chi connectivity index (χ4v) is 1.80. The lowest BCUT2D eigenvalue weighted by Gasteiger charge is -2.09. The summed E-state index contributed by atoms with van der Waals surface area (Å²) in [7, 11) is 0. The minimum Gasteiger partial charge on any atom is -0.397 e. The molecule has 0 saturated carbocycles. The molecule has 0 spiro atoms. The maximum atomic E-state index is 5.90. The van der Waals surface area contributed by atoms with Crippen molar-refractivity contribution >= 4 is 22.7 Å². The van der Waals surface area contributed by atoms with Crippen LogP contribution in [0.2, 0.25) is 0 Å². The molecule has 0 bridgehead atoms. The van der Waals surface area contributed by atoms with Crippen LogP contribution in [0.3, 0.4) is 0 Å². The molecular weight excluding hydrogens is 212 g/mol. The van der Waals surface area contributed by atoms with Crippen molar-refractivity contribution < 1.29 is 0 Å². The van der Waals surface area contributed by atoms with Crippen molar-refractivity contribution in [3.05, 3.63) is 55.0 Å². The van der Waals surface area contributed by atoms with Gasteiger partial charge in [-0.25, -0.2) is 4.98 Å². The Labute approximate surface area is 98.7 Å². The zero-order chi connectivity index (χ0) is 11.7. The van der Waals surface area contributed by atoms with E-state index in [-0.39, 0.29) is 0 Å². The second-order valence-corrected chi connectivity index (χ2v) is 3.79. The number of benzene rings is 1. The van der Waals surface area contributed by atoms with Gasteiger partial charge < -0.3 is 15.5 Å². The van der Waals surface area contributed by atoms with E-state index in [1.165, 1.54) is 0 Å². The molecule has 3 aromatic rings. The molecule has 0 aliphatic carbocycles. The number of pyridine rings is 1. The van der Waals surface area contributed by atoms with Gasteiger partial charge in [0.25, 0.3) is 0 Å². The molecule has 0 radical (unpaired) electrons. The maximum Gasteiger partial charge on any atom is 0.160 e. The first-order valence-corrected chi connectivity index (χ1v) is 5.38. The molecule has 2 heterocycles. The molecule has 0 aliphatic heterocycles. The van der Waals surface area contributed by atoms with E-state index in [2.05, 4.69) is 10.3 Å². The molecule has 4 heteroatoms. The maximum absolute atomic E-state index is 5.90. The fourth-order valence-electron chi connectivity index (χ4n) is 1.80. The van der Waals surface area contributed by atoms with Crippen LogP contribution in [0.1, 0.15) is 0 Å². The Kier molecular flexibility index (Phi) is 2.19. The largest absolute Gasteiger partial charge is 0.397 e. The van der Waals surface area contributed by atoms with Gasteiger partial charge in [-0.3, -0.25) is 0 Å². The van der Waals surface area contributed by atoms with Crippen LogP contribution in [0.4, 0.5) is 17.1 Å². The number of imidazole rings is 1. The predicted molar refractivity (Wildman–Crippen MR) is 69.3 cm³/mol. The average Bonchev–Trinajstić information content (AvgIpc) is 2.81. The summed E-state index contributed by atoms with van der Waals surface area (Å²) in [5.74, 6) is 0. The second kappa shape index (κ2) is 3.83. The van der Waals surface area contributed by atoms with Crippen molar-refractivity contribution in [2.45, 2.75) is 0 Å². The van der Waals surface area contributed by atoms with E-state index in [9.17, 15) is 0 Å². The van der Waals surface area contributed by atoms with Gasteiger partial charge in [-0.15, -0.1) is 0 Å². The number of aromatic nitrogens is 2. The van der Waals surface area contributed by atoms with Crippen LogP contribution in [-0.2, 0) is 0 Å². The molecule has 3 N–H and O–H groups in total. The van der Waals surface area contributed by atoms with Gasteiger partial charge in [0.1, 0.15) is 0 Å². The van der Waals surface area contributed by atoms with Gasteiger partial charge in [0.2, 0.25) is 0 Å². The number of rotatable bonds is 2. The molecule has 0 unspecified atom stereocenters. The van der Waals surface area contributed by atoms with E-state index in [1.807, 2.05) is 53.2 Å². The molecule has 3 rings (SSSR count). The third-order valence-electron chi connectivity index (χ3n) is 2.65. The third kappa shape index (κ3) is 1.69.